The average Bonchev–Trinajstić information content (AvgIpc) is 1.77. The molecule has 1 aliphatic heterocycles. The van der Waals surface area contributed by atoms with Crippen molar-refractivity contribution in [2.75, 3.05) is 0 Å². The summed E-state index contributed by atoms with van der Waals surface area (Å²) in [7, 11) is -1.45. The highest BCUT2D eigenvalue weighted by Crippen LogP contribution is 2.29. The lowest BCUT2D eigenvalue weighted by atomic mass is 10.1. The molecule has 0 atom stereocenters. The standard InChI is InChI=1S/C10H22N2Si2/c1-8-14-11(9(2,3)4)13-12(14)10(5,6)7/h1,14H,13H2,2-7H3. The minimum Gasteiger partial charge on any atom is -0.315 e. The van der Waals surface area contributed by atoms with E-state index in [4.69, 9.17) is 6.42 Å². The number of hydrogen-bond acceptors (Lipinski definition) is 2. The monoisotopic (exact) mass is 226 g/mol. The Bertz CT molecular complexity index is 237. The number of terminal acetylenes is 1. The predicted molar refractivity (Wildman–Crippen MR) is 67.7 cm³/mol. The Hall–Kier alpha value is -0.0862. The van der Waals surface area contributed by atoms with Crippen molar-refractivity contribution >= 4 is 19.0 Å². The summed E-state index contributed by atoms with van der Waals surface area (Å²) in [4.78, 5) is 0. The normalized spacial score (nSPS) is 27.4. The first kappa shape index (κ1) is 12.0. The Balaban J connectivity index is 2.73. The van der Waals surface area contributed by atoms with Gasteiger partial charge in [-0.1, -0.05) is 0 Å². The highest BCUT2D eigenvalue weighted by Gasteiger charge is 2.47. The van der Waals surface area contributed by atoms with Crippen LogP contribution in [-0.4, -0.2) is 38.5 Å². The molecule has 0 aromatic rings. The summed E-state index contributed by atoms with van der Waals surface area (Å²) in [5.74, 6) is 0. The first-order chi connectivity index (χ1) is 6.18. The zero-order chi connectivity index (χ0) is 11.1. The molecule has 0 N–H and O–H groups in total. The van der Waals surface area contributed by atoms with Gasteiger partial charge in [-0.3, -0.25) is 0 Å². The van der Waals surface area contributed by atoms with Gasteiger partial charge in [-0.25, -0.2) is 0 Å². The quantitative estimate of drug-likeness (QED) is 0.441. The first-order valence-electron chi connectivity index (χ1n) is 5.17. The zero-order valence-corrected chi connectivity index (χ0v) is 12.8. The predicted octanol–water partition coefficient (Wildman–Crippen LogP) is 0.593. The van der Waals surface area contributed by atoms with E-state index in [2.05, 4.69) is 55.5 Å². The van der Waals surface area contributed by atoms with Gasteiger partial charge >= 0.3 is 0 Å². The minimum absolute atomic E-state index is 0.248. The van der Waals surface area contributed by atoms with Gasteiger partial charge in [-0.2, -0.15) is 0 Å². The largest absolute Gasteiger partial charge is 0.315 e. The van der Waals surface area contributed by atoms with Crippen molar-refractivity contribution in [3.05, 3.63) is 0 Å². The smallest absolute Gasteiger partial charge is 0.261 e. The maximum Gasteiger partial charge on any atom is 0.261 e. The third-order valence-electron chi connectivity index (χ3n) is 2.77. The molecule has 1 aliphatic rings. The van der Waals surface area contributed by atoms with E-state index in [1.165, 1.54) is 0 Å². The van der Waals surface area contributed by atoms with Crippen LogP contribution < -0.4 is 0 Å². The second-order valence-corrected chi connectivity index (χ2v) is 11.4. The summed E-state index contributed by atoms with van der Waals surface area (Å²) in [6.45, 7) is 13.7. The fourth-order valence-corrected chi connectivity index (χ4v) is 7.78. The van der Waals surface area contributed by atoms with Crippen molar-refractivity contribution in [3.63, 3.8) is 0 Å². The van der Waals surface area contributed by atoms with Crippen molar-refractivity contribution in [2.45, 2.75) is 52.6 Å². The maximum atomic E-state index is 5.66. The lowest BCUT2D eigenvalue weighted by Gasteiger charge is -2.58. The van der Waals surface area contributed by atoms with Crippen molar-refractivity contribution < 1.29 is 0 Å². The van der Waals surface area contributed by atoms with Gasteiger partial charge in [0, 0.05) is 11.1 Å². The Morgan fingerprint density at radius 3 is 1.57 bits per heavy atom. The Morgan fingerprint density at radius 2 is 1.36 bits per heavy atom. The van der Waals surface area contributed by atoms with E-state index in [0.717, 1.165) is 0 Å². The summed E-state index contributed by atoms with van der Waals surface area (Å²) in [6.07, 6.45) is 5.66. The number of hydrogen-bond donors (Lipinski definition) is 0. The molecule has 0 amide bonds. The van der Waals surface area contributed by atoms with Gasteiger partial charge in [-0.05, 0) is 41.5 Å². The molecule has 80 valence electrons. The van der Waals surface area contributed by atoms with Crippen molar-refractivity contribution in [2.24, 2.45) is 0 Å². The van der Waals surface area contributed by atoms with Crippen LogP contribution in [0.3, 0.4) is 0 Å². The van der Waals surface area contributed by atoms with Gasteiger partial charge in [-0.15, -0.1) is 12.0 Å². The minimum atomic E-state index is -1.20. The molecule has 0 spiro atoms. The van der Waals surface area contributed by atoms with Gasteiger partial charge in [0.05, 0.1) is 0 Å². The molecule has 0 saturated carbocycles. The molecule has 1 heterocycles. The molecular formula is C10H22N2Si2. The van der Waals surface area contributed by atoms with Crippen LogP contribution in [0.4, 0.5) is 0 Å². The zero-order valence-electron chi connectivity index (χ0n) is 10.3. The molecule has 0 aliphatic carbocycles. The SMILES string of the molecule is C#C[SiH]1N(C(C)(C)C)[SiH2]N1C(C)(C)C. The lowest BCUT2D eigenvalue weighted by molar-refractivity contribution is 0.240. The molecule has 0 bridgehead atoms. The third-order valence-corrected chi connectivity index (χ3v) is 11.4. The number of rotatable bonds is 0. The molecular weight excluding hydrogens is 204 g/mol. The van der Waals surface area contributed by atoms with Crippen LogP contribution in [0.1, 0.15) is 41.5 Å². The van der Waals surface area contributed by atoms with E-state index in [9.17, 15) is 0 Å². The lowest BCUT2D eigenvalue weighted by Crippen LogP contribution is -2.78. The van der Waals surface area contributed by atoms with Crippen molar-refractivity contribution in [1.29, 1.82) is 0 Å². The molecule has 2 nitrogen and oxygen atoms in total. The molecule has 0 unspecified atom stereocenters. The van der Waals surface area contributed by atoms with E-state index in [1.54, 1.807) is 0 Å². The molecule has 0 radical (unpaired) electrons. The molecule has 14 heavy (non-hydrogen) atoms. The van der Waals surface area contributed by atoms with Crippen LogP contribution in [0.25, 0.3) is 0 Å². The summed E-state index contributed by atoms with van der Waals surface area (Å²) in [5.41, 5.74) is 3.62. The highest BCUT2D eigenvalue weighted by atomic mass is 28.4. The molecule has 4 heteroatoms. The summed E-state index contributed by atoms with van der Waals surface area (Å²) in [6, 6.07) is 0. The van der Waals surface area contributed by atoms with Crippen LogP contribution in [0.2, 0.25) is 0 Å². The second-order valence-electron chi connectivity index (χ2n) is 5.96. The van der Waals surface area contributed by atoms with Gasteiger partial charge in [0.2, 0.25) is 0 Å². The maximum absolute atomic E-state index is 5.66. The van der Waals surface area contributed by atoms with Gasteiger partial charge in [0.15, 0.2) is 9.84 Å². The van der Waals surface area contributed by atoms with E-state index >= 15 is 0 Å². The topological polar surface area (TPSA) is 6.48 Å². The fraction of sp³-hybridized carbons (Fsp3) is 0.800. The van der Waals surface area contributed by atoms with Crippen LogP contribution in [0.5, 0.6) is 0 Å². The first-order valence-corrected chi connectivity index (χ1v) is 8.05. The average molecular weight is 226 g/mol. The third kappa shape index (κ3) is 2.11. The summed E-state index contributed by atoms with van der Waals surface area (Å²) >= 11 is 0. The highest BCUT2D eigenvalue weighted by molar-refractivity contribution is 6.82. The van der Waals surface area contributed by atoms with Crippen molar-refractivity contribution in [1.82, 2.24) is 8.46 Å². The van der Waals surface area contributed by atoms with Crippen LogP contribution in [0.15, 0.2) is 0 Å². The van der Waals surface area contributed by atoms with E-state index < -0.39 is 9.12 Å². The Morgan fingerprint density at radius 1 is 1.00 bits per heavy atom. The number of nitrogens with zero attached hydrogens (tertiary/aromatic N) is 2. The van der Waals surface area contributed by atoms with Crippen molar-refractivity contribution in [3.8, 4) is 12.0 Å². The summed E-state index contributed by atoms with van der Waals surface area (Å²) < 4.78 is 5.25. The second kappa shape index (κ2) is 3.49. The molecule has 1 saturated heterocycles. The molecule has 0 aromatic heterocycles. The van der Waals surface area contributed by atoms with Crippen LogP contribution in [0, 0.1) is 12.0 Å². The van der Waals surface area contributed by atoms with E-state index in [0.29, 0.717) is 0 Å². The molecule has 0 aromatic carbocycles. The van der Waals surface area contributed by atoms with E-state index in [-0.39, 0.29) is 20.9 Å². The molecule has 1 rings (SSSR count). The summed E-state index contributed by atoms with van der Waals surface area (Å²) in [5, 5.41) is 0. The Kier molecular flexibility index (Phi) is 2.99. The Labute approximate surface area is 92.4 Å². The van der Waals surface area contributed by atoms with E-state index in [1.807, 2.05) is 0 Å². The van der Waals surface area contributed by atoms with Crippen LogP contribution in [-0.2, 0) is 0 Å². The molecule has 1 fully saturated rings. The van der Waals surface area contributed by atoms with Crippen LogP contribution >= 0.6 is 0 Å². The van der Waals surface area contributed by atoms with Gasteiger partial charge in [0.1, 0.15) is 0 Å². The van der Waals surface area contributed by atoms with Gasteiger partial charge < -0.3 is 8.46 Å². The van der Waals surface area contributed by atoms with Gasteiger partial charge in [0.25, 0.3) is 9.12 Å². The fourth-order valence-electron chi connectivity index (χ4n) is 1.73.